The van der Waals surface area contributed by atoms with Crippen molar-refractivity contribution in [3.63, 3.8) is 0 Å². The largest absolute Gasteiger partial charge is 0.293 e. The lowest BCUT2D eigenvalue weighted by molar-refractivity contribution is 0.0981. The molecule has 0 heterocycles. The highest BCUT2D eigenvalue weighted by molar-refractivity contribution is 9.10. The van der Waals surface area contributed by atoms with E-state index in [0.29, 0.717) is 0 Å². The molecule has 0 amide bonds. The van der Waals surface area contributed by atoms with E-state index in [1.807, 2.05) is 6.07 Å². The molecule has 0 fully saturated rings. The van der Waals surface area contributed by atoms with Crippen LogP contribution in [0.25, 0.3) is 0 Å². The summed E-state index contributed by atoms with van der Waals surface area (Å²) in [6, 6.07) is 6.45. The Bertz CT molecular complexity index is 453. The Hall–Kier alpha value is -0.630. The molecule has 0 aromatic heterocycles. The van der Waals surface area contributed by atoms with Crippen LogP contribution in [0.2, 0.25) is 0 Å². The average molecular weight is 337 g/mol. The van der Waals surface area contributed by atoms with Crippen molar-refractivity contribution in [2.24, 2.45) is 0 Å². The van der Waals surface area contributed by atoms with Crippen molar-refractivity contribution in [2.45, 2.75) is 69.5 Å². The minimum atomic E-state index is 0.0272. The fourth-order valence-corrected chi connectivity index (χ4v) is 3.42. The van der Waals surface area contributed by atoms with Crippen LogP contribution in [0.5, 0.6) is 0 Å². The van der Waals surface area contributed by atoms with Gasteiger partial charge in [0, 0.05) is 5.56 Å². The molecule has 2 heteroatoms. The number of alkyl halides is 1. The fourth-order valence-electron chi connectivity index (χ4n) is 2.94. The topological polar surface area (TPSA) is 17.1 Å². The van der Waals surface area contributed by atoms with E-state index in [-0.39, 0.29) is 10.6 Å². The maximum absolute atomic E-state index is 12.0. The summed E-state index contributed by atoms with van der Waals surface area (Å²) in [5.41, 5.74) is 3.60. The van der Waals surface area contributed by atoms with Gasteiger partial charge in [-0.25, -0.2) is 0 Å². The number of rotatable bonds is 7. The summed E-state index contributed by atoms with van der Waals surface area (Å²) in [5, 5.41) is 0. The molecule has 0 radical (unpaired) electrons. The summed E-state index contributed by atoms with van der Waals surface area (Å²) in [6.07, 6.45) is 11.2. The third-order valence-corrected chi connectivity index (χ3v) is 5.08. The molecule has 1 aliphatic carbocycles. The molecule has 0 saturated carbocycles. The van der Waals surface area contributed by atoms with Gasteiger partial charge in [-0.05, 0) is 36.8 Å². The van der Waals surface area contributed by atoms with Crippen molar-refractivity contribution in [3.05, 3.63) is 34.9 Å². The SMILES string of the molecule is CCCCCCCCc1ccc2c(c1)CC[C@@H](Br)C2=O. The van der Waals surface area contributed by atoms with Gasteiger partial charge in [-0.15, -0.1) is 0 Å². The van der Waals surface area contributed by atoms with Crippen LogP contribution < -0.4 is 0 Å². The third kappa shape index (κ3) is 4.18. The predicted octanol–water partition coefficient (Wildman–Crippen LogP) is 5.48. The van der Waals surface area contributed by atoms with Crippen LogP contribution in [0, 0.1) is 0 Å². The normalized spacial score (nSPS) is 18.1. The Balaban J connectivity index is 1.84. The molecule has 1 nitrogen and oxygen atoms in total. The second kappa shape index (κ2) is 7.97. The van der Waals surface area contributed by atoms with Crippen molar-refractivity contribution in [2.75, 3.05) is 0 Å². The highest BCUT2D eigenvalue weighted by Gasteiger charge is 2.24. The molecule has 1 aromatic carbocycles. The number of hydrogen-bond acceptors (Lipinski definition) is 1. The zero-order chi connectivity index (χ0) is 14.4. The van der Waals surface area contributed by atoms with Crippen molar-refractivity contribution < 1.29 is 4.79 Å². The second-order valence-corrected chi connectivity index (χ2v) is 6.99. The van der Waals surface area contributed by atoms with E-state index in [0.717, 1.165) is 24.8 Å². The monoisotopic (exact) mass is 336 g/mol. The van der Waals surface area contributed by atoms with E-state index in [4.69, 9.17) is 0 Å². The summed E-state index contributed by atoms with van der Waals surface area (Å²) in [7, 11) is 0. The van der Waals surface area contributed by atoms with Crippen molar-refractivity contribution in [1.82, 2.24) is 0 Å². The summed E-state index contributed by atoms with van der Waals surface area (Å²) in [5.74, 6) is 0.261. The maximum atomic E-state index is 12.0. The Morgan fingerprint density at radius 1 is 1.15 bits per heavy atom. The van der Waals surface area contributed by atoms with Gasteiger partial charge in [0.1, 0.15) is 0 Å². The molecular weight excluding hydrogens is 312 g/mol. The Labute approximate surface area is 131 Å². The van der Waals surface area contributed by atoms with Crippen LogP contribution in [-0.2, 0) is 12.8 Å². The first-order valence-corrected chi connectivity index (χ1v) is 8.94. The number of unbranched alkanes of at least 4 members (excludes halogenated alkanes) is 5. The Kier molecular flexibility index (Phi) is 6.28. The molecule has 0 bridgehead atoms. The van der Waals surface area contributed by atoms with Crippen molar-refractivity contribution >= 4 is 21.7 Å². The predicted molar refractivity (Wildman–Crippen MR) is 88.9 cm³/mol. The van der Waals surface area contributed by atoms with E-state index in [1.165, 1.54) is 49.7 Å². The summed E-state index contributed by atoms with van der Waals surface area (Å²) < 4.78 is 0. The van der Waals surface area contributed by atoms with Crippen LogP contribution in [-0.4, -0.2) is 10.6 Å². The van der Waals surface area contributed by atoms with E-state index < -0.39 is 0 Å². The van der Waals surface area contributed by atoms with Crippen LogP contribution in [0.1, 0.15) is 73.4 Å². The average Bonchev–Trinajstić information content (AvgIpc) is 2.47. The van der Waals surface area contributed by atoms with Crippen molar-refractivity contribution in [1.29, 1.82) is 0 Å². The molecule has 0 N–H and O–H groups in total. The summed E-state index contributed by atoms with van der Waals surface area (Å²) >= 11 is 3.46. The van der Waals surface area contributed by atoms with Crippen molar-refractivity contribution in [3.8, 4) is 0 Å². The molecule has 0 aliphatic heterocycles. The first kappa shape index (κ1) is 15.8. The lowest BCUT2D eigenvalue weighted by Gasteiger charge is -2.19. The number of ketones is 1. The number of hydrogen-bond donors (Lipinski definition) is 0. The van der Waals surface area contributed by atoms with Gasteiger partial charge in [0.05, 0.1) is 4.83 Å². The number of halogens is 1. The van der Waals surface area contributed by atoms with E-state index in [1.54, 1.807) is 0 Å². The van der Waals surface area contributed by atoms with Gasteiger partial charge < -0.3 is 0 Å². The summed E-state index contributed by atoms with van der Waals surface area (Å²) in [6.45, 7) is 2.26. The van der Waals surface area contributed by atoms with E-state index in [9.17, 15) is 4.79 Å². The molecule has 0 unspecified atom stereocenters. The molecule has 0 saturated heterocycles. The summed E-state index contributed by atoms with van der Waals surface area (Å²) in [4.78, 5) is 12.1. The second-order valence-electron chi connectivity index (χ2n) is 5.88. The number of benzene rings is 1. The van der Waals surface area contributed by atoms with Gasteiger partial charge in [0.25, 0.3) is 0 Å². The number of aryl methyl sites for hydroxylation is 2. The molecule has 1 atom stereocenters. The molecule has 0 spiro atoms. The maximum Gasteiger partial charge on any atom is 0.176 e. The molecule has 110 valence electrons. The van der Waals surface area contributed by atoms with Crippen LogP contribution in [0.15, 0.2) is 18.2 Å². The molecule has 2 rings (SSSR count). The third-order valence-electron chi connectivity index (χ3n) is 4.21. The first-order valence-electron chi connectivity index (χ1n) is 8.02. The number of Topliss-reactive ketones (excluding diaryl/α,β-unsaturated/α-hetero) is 1. The fraction of sp³-hybridized carbons (Fsp3) is 0.611. The molecule has 1 aromatic rings. The smallest absolute Gasteiger partial charge is 0.176 e. The number of fused-ring (bicyclic) bond motifs is 1. The van der Waals surface area contributed by atoms with Gasteiger partial charge in [-0.2, -0.15) is 0 Å². The van der Waals surface area contributed by atoms with Crippen LogP contribution >= 0.6 is 15.9 Å². The lowest BCUT2D eigenvalue weighted by Crippen LogP contribution is -2.22. The minimum Gasteiger partial charge on any atom is -0.293 e. The van der Waals surface area contributed by atoms with Gasteiger partial charge in [0.2, 0.25) is 0 Å². The quantitative estimate of drug-likeness (QED) is 0.475. The van der Waals surface area contributed by atoms with E-state index in [2.05, 4.69) is 35.0 Å². The molecule has 1 aliphatic rings. The lowest BCUT2D eigenvalue weighted by atomic mass is 9.88. The van der Waals surface area contributed by atoms with Crippen LogP contribution in [0.3, 0.4) is 0 Å². The Morgan fingerprint density at radius 2 is 1.90 bits per heavy atom. The minimum absolute atomic E-state index is 0.0272. The van der Waals surface area contributed by atoms with Gasteiger partial charge in [-0.3, -0.25) is 4.79 Å². The van der Waals surface area contributed by atoms with Gasteiger partial charge in [-0.1, -0.05) is 73.2 Å². The highest BCUT2D eigenvalue weighted by atomic mass is 79.9. The number of carbonyl (C=O) groups is 1. The Morgan fingerprint density at radius 3 is 2.70 bits per heavy atom. The molecule has 20 heavy (non-hydrogen) atoms. The molecular formula is C18H25BrO. The zero-order valence-corrected chi connectivity index (χ0v) is 14.0. The first-order chi connectivity index (χ1) is 9.72. The van der Waals surface area contributed by atoms with Gasteiger partial charge in [0.15, 0.2) is 5.78 Å². The zero-order valence-electron chi connectivity index (χ0n) is 12.5. The van der Waals surface area contributed by atoms with Crippen LogP contribution in [0.4, 0.5) is 0 Å². The standard InChI is InChI=1S/C18H25BrO/c1-2-3-4-5-6-7-8-14-9-11-16-15(13-14)10-12-17(19)18(16)20/h9,11,13,17H,2-8,10,12H2,1H3/t17-/m1/s1. The highest BCUT2D eigenvalue weighted by Crippen LogP contribution is 2.27. The van der Waals surface area contributed by atoms with Gasteiger partial charge >= 0.3 is 0 Å². The number of carbonyl (C=O) groups excluding carboxylic acids is 1. The van der Waals surface area contributed by atoms with E-state index >= 15 is 0 Å².